The first-order valence-electron chi connectivity index (χ1n) is 9.74. The van der Waals surface area contributed by atoms with Crippen molar-refractivity contribution in [3.8, 4) is 0 Å². The highest BCUT2D eigenvalue weighted by atomic mass is 19.1. The summed E-state index contributed by atoms with van der Waals surface area (Å²) in [5.74, 6) is -4.12. The summed E-state index contributed by atoms with van der Waals surface area (Å²) in [4.78, 5) is 39.6. The van der Waals surface area contributed by atoms with E-state index in [2.05, 4.69) is 25.3 Å². The summed E-state index contributed by atoms with van der Waals surface area (Å²) >= 11 is 0. The van der Waals surface area contributed by atoms with Crippen molar-refractivity contribution in [2.75, 3.05) is 11.9 Å². The number of H-pyrrole nitrogens is 1. The number of halogens is 2. The van der Waals surface area contributed by atoms with E-state index < -0.39 is 34.5 Å². The van der Waals surface area contributed by atoms with Crippen LogP contribution in [0.3, 0.4) is 0 Å². The Labute approximate surface area is 180 Å². The minimum absolute atomic E-state index is 0.0326. The summed E-state index contributed by atoms with van der Waals surface area (Å²) in [6, 6.07) is 5.57. The number of fused-ring (bicyclic) bond motifs is 1. The van der Waals surface area contributed by atoms with E-state index in [0.29, 0.717) is 23.4 Å². The summed E-state index contributed by atoms with van der Waals surface area (Å²) in [5, 5.41) is 3.44. The topological polar surface area (TPSA) is 127 Å². The van der Waals surface area contributed by atoms with Crippen LogP contribution in [-0.2, 0) is 6.42 Å². The highest BCUT2D eigenvalue weighted by Crippen LogP contribution is 2.28. The lowest BCUT2D eigenvalue weighted by Gasteiger charge is -2.09. The molecule has 0 unspecified atom stereocenters. The van der Waals surface area contributed by atoms with Gasteiger partial charge in [0.2, 0.25) is 5.78 Å². The molecule has 8 nitrogen and oxygen atoms in total. The van der Waals surface area contributed by atoms with Gasteiger partial charge in [0.25, 0.3) is 5.91 Å². The predicted octanol–water partition coefficient (Wildman–Crippen LogP) is 3.01. The number of benzene rings is 1. The molecule has 3 heterocycles. The monoisotopic (exact) mass is 436 g/mol. The van der Waals surface area contributed by atoms with Gasteiger partial charge in [-0.1, -0.05) is 6.07 Å². The van der Waals surface area contributed by atoms with Crippen LogP contribution in [0, 0.1) is 11.6 Å². The number of carbonyl (C=O) groups is 2. The van der Waals surface area contributed by atoms with Crippen LogP contribution in [0.1, 0.15) is 38.3 Å². The number of aromatic amines is 1. The molecule has 0 aliphatic heterocycles. The van der Waals surface area contributed by atoms with Crippen LogP contribution in [0.5, 0.6) is 0 Å². The Kier molecular flexibility index (Phi) is 5.84. The number of aromatic nitrogens is 4. The summed E-state index contributed by atoms with van der Waals surface area (Å²) in [6.45, 7) is 0.527. The standard InChI is InChI=1S/C22H18F2N6O2/c23-15-6-5-13(20(25)32)18(24)17(15)19(31)14-10-28-22-16(14)21(29-11-30-22)27-8-2-4-12-3-1-7-26-9-12/h1,3,5-7,9-11H,2,4,8H2,(H2,25,32)(H2,27,28,29,30). The summed E-state index contributed by atoms with van der Waals surface area (Å²) < 4.78 is 29.1. The molecule has 1 amide bonds. The molecule has 0 radical (unpaired) electrons. The van der Waals surface area contributed by atoms with Crippen molar-refractivity contribution in [1.29, 1.82) is 0 Å². The Balaban J connectivity index is 1.63. The van der Waals surface area contributed by atoms with E-state index in [1.807, 2.05) is 12.1 Å². The number of primary amides is 1. The summed E-state index contributed by atoms with van der Waals surface area (Å²) in [5.41, 5.74) is 5.06. The maximum absolute atomic E-state index is 14.7. The SMILES string of the molecule is NC(=O)c1ccc(F)c(C(=O)c2c[nH]c3ncnc(NCCCc4cccnc4)c23)c1F. The first-order chi connectivity index (χ1) is 15.5. The van der Waals surface area contributed by atoms with Crippen LogP contribution < -0.4 is 11.1 Å². The molecule has 0 saturated carbocycles. The van der Waals surface area contributed by atoms with E-state index in [9.17, 15) is 18.4 Å². The number of hydrogen-bond acceptors (Lipinski definition) is 6. The second-order valence-corrected chi connectivity index (χ2v) is 7.02. The summed E-state index contributed by atoms with van der Waals surface area (Å²) in [7, 11) is 0. The second-order valence-electron chi connectivity index (χ2n) is 7.02. The molecule has 4 rings (SSSR count). The molecular formula is C22H18F2N6O2. The van der Waals surface area contributed by atoms with Gasteiger partial charge in [-0.25, -0.2) is 18.7 Å². The fourth-order valence-corrected chi connectivity index (χ4v) is 3.41. The van der Waals surface area contributed by atoms with Gasteiger partial charge in [-0.3, -0.25) is 14.6 Å². The molecule has 0 fully saturated rings. The van der Waals surface area contributed by atoms with Gasteiger partial charge in [0.15, 0.2) is 0 Å². The zero-order valence-electron chi connectivity index (χ0n) is 16.7. The zero-order valence-corrected chi connectivity index (χ0v) is 16.7. The number of nitrogens with two attached hydrogens (primary N) is 1. The van der Waals surface area contributed by atoms with Crippen LogP contribution >= 0.6 is 0 Å². The first kappa shape index (κ1) is 21.0. The number of amides is 1. The molecule has 0 aliphatic rings. The minimum Gasteiger partial charge on any atom is -0.369 e. The van der Waals surface area contributed by atoms with E-state index in [0.717, 1.165) is 30.5 Å². The van der Waals surface area contributed by atoms with Crippen LogP contribution in [0.15, 0.2) is 49.2 Å². The Morgan fingerprint density at radius 3 is 2.72 bits per heavy atom. The van der Waals surface area contributed by atoms with E-state index in [4.69, 9.17) is 5.73 Å². The Hall–Kier alpha value is -4.21. The predicted molar refractivity (Wildman–Crippen MR) is 113 cm³/mol. The van der Waals surface area contributed by atoms with Gasteiger partial charge in [0.1, 0.15) is 29.4 Å². The van der Waals surface area contributed by atoms with Crippen molar-refractivity contribution in [2.24, 2.45) is 5.73 Å². The number of anilines is 1. The first-order valence-corrected chi connectivity index (χ1v) is 9.74. The fourth-order valence-electron chi connectivity index (χ4n) is 3.41. The Morgan fingerprint density at radius 2 is 1.97 bits per heavy atom. The number of hydrogen-bond donors (Lipinski definition) is 3. The highest BCUT2D eigenvalue weighted by Gasteiger charge is 2.26. The largest absolute Gasteiger partial charge is 0.369 e. The van der Waals surface area contributed by atoms with Crippen molar-refractivity contribution >= 4 is 28.5 Å². The van der Waals surface area contributed by atoms with Crippen molar-refractivity contribution in [3.63, 3.8) is 0 Å². The zero-order chi connectivity index (χ0) is 22.7. The van der Waals surface area contributed by atoms with Gasteiger partial charge in [0.05, 0.1) is 22.1 Å². The number of aryl methyl sites for hydroxylation is 1. The molecule has 3 aromatic heterocycles. The number of carbonyl (C=O) groups excluding carboxylic acids is 2. The van der Waals surface area contributed by atoms with E-state index in [1.54, 1.807) is 12.4 Å². The van der Waals surface area contributed by atoms with Crippen molar-refractivity contribution in [2.45, 2.75) is 12.8 Å². The van der Waals surface area contributed by atoms with Crippen LogP contribution in [-0.4, -0.2) is 38.2 Å². The third kappa shape index (κ3) is 4.02. The van der Waals surface area contributed by atoms with Crippen molar-refractivity contribution < 1.29 is 18.4 Å². The Morgan fingerprint density at radius 1 is 1.12 bits per heavy atom. The normalized spacial score (nSPS) is 10.9. The van der Waals surface area contributed by atoms with Gasteiger partial charge in [-0.05, 0) is 36.6 Å². The average Bonchev–Trinajstić information content (AvgIpc) is 3.22. The molecule has 0 aliphatic carbocycles. The smallest absolute Gasteiger partial charge is 0.251 e. The molecule has 0 bridgehead atoms. The number of ketones is 1. The van der Waals surface area contributed by atoms with Crippen molar-refractivity contribution in [3.05, 3.63) is 83.1 Å². The number of nitrogens with zero attached hydrogens (tertiary/aromatic N) is 3. The lowest BCUT2D eigenvalue weighted by Crippen LogP contribution is -2.17. The molecule has 1 aromatic carbocycles. The van der Waals surface area contributed by atoms with Crippen LogP contribution in [0.4, 0.5) is 14.6 Å². The molecule has 32 heavy (non-hydrogen) atoms. The third-order valence-corrected chi connectivity index (χ3v) is 4.96. The van der Waals surface area contributed by atoms with Crippen LogP contribution in [0.2, 0.25) is 0 Å². The number of pyridine rings is 1. The van der Waals surface area contributed by atoms with E-state index in [1.165, 1.54) is 12.5 Å². The third-order valence-electron chi connectivity index (χ3n) is 4.96. The van der Waals surface area contributed by atoms with Crippen molar-refractivity contribution in [1.82, 2.24) is 19.9 Å². The van der Waals surface area contributed by atoms with Gasteiger partial charge in [0, 0.05) is 25.1 Å². The molecular weight excluding hydrogens is 418 g/mol. The van der Waals surface area contributed by atoms with E-state index in [-0.39, 0.29) is 5.56 Å². The van der Waals surface area contributed by atoms with Gasteiger partial charge >= 0.3 is 0 Å². The maximum Gasteiger partial charge on any atom is 0.251 e. The molecule has 0 spiro atoms. The molecule has 10 heteroatoms. The molecule has 0 atom stereocenters. The number of nitrogens with one attached hydrogen (secondary N) is 2. The maximum atomic E-state index is 14.7. The summed E-state index contributed by atoms with van der Waals surface area (Å²) in [6.07, 6.45) is 7.65. The van der Waals surface area contributed by atoms with Gasteiger partial charge in [-0.15, -0.1) is 0 Å². The van der Waals surface area contributed by atoms with E-state index >= 15 is 0 Å². The average molecular weight is 436 g/mol. The molecule has 162 valence electrons. The number of rotatable bonds is 8. The van der Waals surface area contributed by atoms with Gasteiger partial charge in [-0.2, -0.15) is 0 Å². The molecule has 4 aromatic rings. The Bertz CT molecular complexity index is 1310. The minimum atomic E-state index is -1.31. The lowest BCUT2D eigenvalue weighted by molar-refractivity contribution is 0.0996. The van der Waals surface area contributed by atoms with Crippen LogP contribution in [0.25, 0.3) is 11.0 Å². The highest BCUT2D eigenvalue weighted by molar-refractivity contribution is 6.18. The molecule has 4 N–H and O–H groups in total. The van der Waals surface area contributed by atoms with Gasteiger partial charge < -0.3 is 16.0 Å². The molecule has 0 saturated heterocycles. The quantitative estimate of drug-likeness (QED) is 0.288. The second kappa shape index (κ2) is 8.88. The lowest BCUT2D eigenvalue weighted by atomic mass is 9.99. The fraction of sp³-hybridized carbons (Fsp3) is 0.136.